The summed E-state index contributed by atoms with van der Waals surface area (Å²) in [6.45, 7) is 1.75. The Labute approximate surface area is 117 Å². The van der Waals surface area contributed by atoms with E-state index in [4.69, 9.17) is 11.6 Å². The highest BCUT2D eigenvalue weighted by Gasteiger charge is 2.24. The lowest BCUT2D eigenvalue weighted by molar-refractivity contribution is 0.386. The van der Waals surface area contributed by atoms with Gasteiger partial charge < -0.3 is 4.90 Å². The van der Waals surface area contributed by atoms with Crippen LogP contribution in [0.3, 0.4) is 0 Å². The molecule has 19 heavy (non-hydrogen) atoms. The predicted molar refractivity (Wildman–Crippen MR) is 74.6 cm³/mol. The molecule has 0 aromatic heterocycles. The second kappa shape index (κ2) is 5.64. The molecule has 1 aromatic rings. The summed E-state index contributed by atoms with van der Waals surface area (Å²) in [6.07, 6.45) is 1.19. The van der Waals surface area contributed by atoms with Crippen LogP contribution in [-0.2, 0) is 15.9 Å². The summed E-state index contributed by atoms with van der Waals surface area (Å²) in [7, 11) is -3.16. The Hall–Kier alpha value is -0.850. The molecule has 1 heterocycles. The van der Waals surface area contributed by atoms with Crippen LogP contribution in [0.15, 0.2) is 18.2 Å². The fourth-order valence-electron chi connectivity index (χ4n) is 2.15. The molecule has 0 aliphatic carbocycles. The highest BCUT2D eigenvalue weighted by atomic mass is 35.5. The smallest absolute Gasteiger partial charge is 0.211 e. The highest BCUT2D eigenvalue weighted by Crippen LogP contribution is 2.23. The van der Waals surface area contributed by atoms with Crippen LogP contribution in [-0.4, -0.2) is 45.2 Å². The van der Waals surface area contributed by atoms with Crippen LogP contribution >= 0.6 is 11.6 Å². The lowest BCUT2D eigenvalue weighted by Crippen LogP contribution is -2.48. The summed E-state index contributed by atoms with van der Waals surface area (Å²) in [4.78, 5) is 1.86. The maximum absolute atomic E-state index is 13.9. The van der Waals surface area contributed by atoms with Gasteiger partial charge in [0.25, 0.3) is 0 Å². The van der Waals surface area contributed by atoms with E-state index in [0.717, 1.165) is 5.56 Å². The van der Waals surface area contributed by atoms with E-state index in [9.17, 15) is 12.8 Å². The fourth-order valence-corrected chi connectivity index (χ4v) is 3.14. The van der Waals surface area contributed by atoms with Gasteiger partial charge in [0.15, 0.2) is 0 Å². The molecule has 1 aromatic carbocycles. The van der Waals surface area contributed by atoms with Gasteiger partial charge in [0.05, 0.1) is 11.9 Å². The molecule has 0 spiro atoms. The first kappa shape index (κ1) is 14.6. The number of hydrogen-bond acceptors (Lipinski definition) is 3. The Bertz CT molecular complexity index is 557. The lowest BCUT2D eigenvalue weighted by atomic mass is 10.2. The average molecular weight is 307 g/mol. The summed E-state index contributed by atoms with van der Waals surface area (Å²) >= 11 is 5.65. The van der Waals surface area contributed by atoms with Crippen LogP contribution in [0, 0.1) is 5.82 Å². The van der Waals surface area contributed by atoms with Crippen molar-refractivity contribution in [2.45, 2.75) is 5.88 Å². The van der Waals surface area contributed by atoms with Gasteiger partial charge in [-0.25, -0.2) is 12.8 Å². The summed E-state index contributed by atoms with van der Waals surface area (Å²) in [6, 6.07) is 4.91. The van der Waals surface area contributed by atoms with Crippen molar-refractivity contribution >= 4 is 27.3 Å². The molecule has 0 atom stereocenters. The fraction of sp³-hybridized carbons (Fsp3) is 0.500. The molecule has 1 aliphatic heterocycles. The highest BCUT2D eigenvalue weighted by molar-refractivity contribution is 7.88. The van der Waals surface area contributed by atoms with E-state index in [2.05, 4.69) is 0 Å². The van der Waals surface area contributed by atoms with E-state index < -0.39 is 10.0 Å². The van der Waals surface area contributed by atoms with Crippen molar-refractivity contribution in [2.75, 3.05) is 37.3 Å². The zero-order valence-corrected chi connectivity index (χ0v) is 12.2. The topological polar surface area (TPSA) is 40.6 Å². The van der Waals surface area contributed by atoms with Crippen LogP contribution in [0.4, 0.5) is 10.1 Å². The number of sulfonamides is 1. The second-order valence-corrected chi connectivity index (χ2v) is 6.82. The van der Waals surface area contributed by atoms with Crippen molar-refractivity contribution in [3.05, 3.63) is 29.6 Å². The van der Waals surface area contributed by atoms with Crippen LogP contribution in [0.25, 0.3) is 0 Å². The molecule has 0 amide bonds. The zero-order chi connectivity index (χ0) is 14.0. The number of anilines is 1. The molecular weight excluding hydrogens is 291 g/mol. The quantitative estimate of drug-likeness (QED) is 0.797. The van der Waals surface area contributed by atoms with Crippen LogP contribution in [0.1, 0.15) is 5.56 Å². The molecule has 0 bridgehead atoms. The number of alkyl halides is 1. The van der Waals surface area contributed by atoms with E-state index in [-0.39, 0.29) is 11.7 Å². The van der Waals surface area contributed by atoms with Crippen molar-refractivity contribution in [3.63, 3.8) is 0 Å². The van der Waals surface area contributed by atoms with E-state index in [0.29, 0.717) is 31.9 Å². The molecule has 0 unspecified atom stereocenters. The molecule has 4 nitrogen and oxygen atoms in total. The first-order chi connectivity index (χ1) is 8.91. The third-order valence-corrected chi connectivity index (χ3v) is 4.83. The third-order valence-electron chi connectivity index (χ3n) is 3.21. The minimum atomic E-state index is -3.16. The maximum atomic E-state index is 13.9. The Morgan fingerprint density at radius 3 is 2.37 bits per heavy atom. The summed E-state index contributed by atoms with van der Waals surface area (Å²) in [5, 5.41) is 0. The summed E-state index contributed by atoms with van der Waals surface area (Å²) in [5.74, 6) is -0.0371. The second-order valence-electron chi connectivity index (χ2n) is 4.57. The monoisotopic (exact) mass is 306 g/mol. The number of rotatable bonds is 3. The molecule has 0 saturated carbocycles. The summed E-state index contributed by atoms with van der Waals surface area (Å²) < 4.78 is 38.1. The first-order valence-corrected chi connectivity index (χ1v) is 8.34. The normalized spacial score (nSPS) is 17.7. The standard InChI is InChI=1S/C12H16ClFN2O2S/c1-19(17,18)16-6-4-15(5-7-16)12-3-2-10(9-13)8-11(12)14/h2-3,8H,4-7,9H2,1H3. The van der Waals surface area contributed by atoms with Crippen molar-refractivity contribution in [1.29, 1.82) is 0 Å². The van der Waals surface area contributed by atoms with E-state index in [1.54, 1.807) is 12.1 Å². The molecule has 2 rings (SSSR count). The van der Waals surface area contributed by atoms with Crippen LogP contribution < -0.4 is 4.90 Å². The van der Waals surface area contributed by atoms with Gasteiger partial charge >= 0.3 is 0 Å². The number of benzene rings is 1. The molecule has 106 valence electrons. The minimum Gasteiger partial charge on any atom is -0.367 e. The first-order valence-electron chi connectivity index (χ1n) is 5.96. The number of halogens is 2. The molecule has 1 fully saturated rings. The van der Waals surface area contributed by atoms with E-state index in [1.807, 2.05) is 4.90 Å². The van der Waals surface area contributed by atoms with Gasteiger partial charge in [-0.15, -0.1) is 11.6 Å². The third kappa shape index (κ3) is 3.38. The van der Waals surface area contributed by atoms with Crippen molar-refractivity contribution < 1.29 is 12.8 Å². The van der Waals surface area contributed by atoms with Crippen molar-refractivity contribution in [3.8, 4) is 0 Å². The Morgan fingerprint density at radius 1 is 1.26 bits per heavy atom. The van der Waals surface area contributed by atoms with Gasteiger partial charge in [-0.3, -0.25) is 0 Å². The predicted octanol–water partition coefficient (Wildman–Crippen LogP) is 1.65. The Morgan fingerprint density at radius 2 is 1.89 bits per heavy atom. The Balaban J connectivity index is 2.10. The molecular formula is C12H16ClFN2O2S. The van der Waals surface area contributed by atoms with Gasteiger partial charge in [0.2, 0.25) is 10.0 Å². The largest absolute Gasteiger partial charge is 0.367 e. The van der Waals surface area contributed by atoms with Gasteiger partial charge in [0.1, 0.15) is 5.82 Å². The zero-order valence-electron chi connectivity index (χ0n) is 10.6. The van der Waals surface area contributed by atoms with Gasteiger partial charge in [-0.05, 0) is 17.7 Å². The molecule has 0 N–H and O–H groups in total. The minimum absolute atomic E-state index is 0.277. The van der Waals surface area contributed by atoms with Crippen molar-refractivity contribution in [1.82, 2.24) is 4.31 Å². The van der Waals surface area contributed by atoms with Gasteiger partial charge in [-0.2, -0.15) is 4.31 Å². The van der Waals surface area contributed by atoms with Gasteiger partial charge in [-0.1, -0.05) is 6.07 Å². The Kier molecular flexibility index (Phi) is 4.32. The molecule has 1 saturated heterocycles. The van der Waals surface area contributed by atoms with Crippen LogP contribution in [0.5, 0.6) is 0 Å². The average Bonchev–Trinajstić information content (AvgIpc) is 2.37. The number of hydrogen-bond donors (Lipinski definition) is 0. The van der Waals surface area contributed by atoms with Crippen LogP contribution in [0.2, 0.25) is 0 Å². The number of piperazine rings is 1. The number of nitrogens with zero attached hydrogens (tertiary/aromatic N) is 2. The molecule has 7 heteroatoms. The van der Waals surface area contributed by atoms with Crippen molar-refractivity contribution in [2.24, 2.45) is 0 Å². The van der Waals surface area contributed by atoms with Gasteiger partial charge in [0, 0.05) is 32.1 Å². The SMILES string of the molecule is CS(=O)(=O)N1CCN(c2ccc(CCl)cc2F)CC1. The lowest BCUT2D eigenvalue weighted by Gasteiger charge is -2.34. The van der Waals surface area contributed by atoms with E-state index >= 15 is 0 Å². The molecule has 0 radical (unpaired) electrons. The van der Waals surface area contributed by atoms with E-state index in [1.165, 1.54) is 16.6 Å². The maximum Gasteiger partial charge on any atom is 0.211 e. The molecule has 1 aliphatic rings. The summed E-state index contributed by atoms with van der Waals surface area (Å²) in [5.41, 5.74) is 1.24.